The van der Waals surface area contributed by atoms with Gasteiger partial charge < -0.3 is 14.6 Å². The first-order valence-electron chi connectivity index (χ1n) is 7.68. The number of anilines is 1. The Morgan fingerprint density at radius 3 is 2.75 bits per heavy atom. The van der Waals surface area contributed by atoms with E-state index in [1.54, 1.807) is 30.7 Å². The molecule has 0 spiro atoms. The number of H-pyrrole nitrogens is 1. The van der Waals surface area contributed by atoms with Crippen molar-refractivity contribution in [3.8, 4) is 11.3 Å². The van der Waals surface area contributed by atoms with Gasteiger partial charge in [0.15, 0.2) is 0 Å². The molecule has 7 heteroatoms. The summed E-state index contributed by atoms with van der Waals surface area (Å²) in [5, 5.41) is 0.978. The molecule has 1 aliphatic heterocycles. The van der Waals surface area contributed by atoms with Crippen LogP contribution in [0.1, 0.15) is 0 Å². The molecule has 1 fully saturated rings. The summed E-state index contributed by atoms with van der Waals surface area (Å²) in [4.78, 5) is 25.1. The van der Waals surface area contributed by atoms with E-state index in [1.807, 2.05) is 0 Å². The molecule has 1 aromatic carbocycles. The summed E-state index contributed by atoms with van der Waals surface area (Å²) < 4.78 is 19.7. The number of hydrogen-bond donors (Lipinski definition) is 1. The average molecular weight is 326 g/mol. The third-order valence-corrected chi connectivity index (χ3v) is 4.11. The van der Waals surface area contributed by atoms with Crippen molar-refractivity contribution in [2.24, 2.45) is 0 Å². The van der Waals surface area contributed by atoms with E-state index in [4.69, 9.17) is 4.74 Å². The molecule has 1 saturated heterocycles. The maximum Gasteiger partial charge on any atom is 0.255 e. The topological polar surface area (TPSA) is 71.1 Å². The zero-order valence-corrected chi connectivity index (χ0v) is 12.8. The second-order valence-corrected chi connectivity index (χ2v) is 5.59. The fourth-order valence-corrected chi connectivity index (χ4v) is 2.82. The van der Waals surface area contributed by atoms with Crippen molar-refractivity contribution in [2.75, 3.05) is 31.2 Å². The van der Waals surface area contributed by atoms with Crippen molar-refractivity contribution >= 4 is 16.6 Å². The van der Waals surface area contributed by atoms with Crippen molar-refractivity contribution < 1.29 is 9.13 Å². The van der Waals surface area contributed by atoms with Gasteiger partial charge in [0, 0.05) is 30.2 Å². The molecular formula is C17H15FN4O2. The van der Waals surface area contributed by atoms with E-state index in [1.165, 1.54) is 6.07 Å². The third kappa shape index (κ3) is 2.63. The van der Waals surface area contributed by atoms with Crippen LogP contribution >= 0.6 is 0 Å². The number of ether oxygens (including phenoxy) is 1. The molecule has 0 atom stereocenters. The number of rotatable bonds is 2. The molecule has 0 unspecified atom stereocenters. The standard InChI is InChI=1S/C17H15FN4O2/c18-14-8-12-11(1-2-19-17(12)23)7-13(14)15-9-21-16(10-20-15)22-3-5-24-6-4-22/h1-2,7-10H,3-6H2,(H,19,23). The van der Waals surface area contributed by atoms with Gasteiger partial charge in [0.2, 0.25) is 0 Å². The van der Waals surface area contributed by atoms with Crippen molar-refractivity contribution in [1.29, 1.82) is 0 Å². The minimum Gasteiger partial charge on any atom is -0.378 e. The number of fused-ring (bicyclic) bond motifs is 1. The Kier molecular flexibility index (Phi) is 3.70. The fourth-order valence-electron chi connectivity index (χ4n) is 2.82. The molecule has 1 N–H and O–H groups in total. The van der Waals surface area contributed by atoms with Crippen LogP contribution in [-0.2, 0) is 4.74 Å². The molecular weight excluding hydrogens is 311 g/mol. The summed E-state index contributed by atoms with van der Waals surface area (Å²) >= 11 is 0. The fraction of sp³-hybridized carbons (Fsp3) is 0.235. The van der Waals surface area contributed by atoms with E-state index in [0.717, 1.165) is 18.9 Å². The maximum atomic E-state index is 14.4. The lowest BCUT2D eigenvalue weighted by Gasteiger charge is -2.27. The Morgan fingerprint density at radius 1 is 1.17 bits per heavy atom. The van der Waals surface area contributed by atoms with E-state index in [-0.39, 0.29) is 5.56 Å². The third-order valence-electron chi connectivity index (χ3n) is 4.11. The van der Waals surface area contributed by atoms with Gasteiger partial charge in [0.1, 0.15) is 11.6 Å². The van der Waals surface area contributed by atoms with E-state index >= 15 is 0 Å². The molecule has 6 nitrogen and oxygen atoms in total. The Bertz CT molecular complexity index is 933. The van der Waals surface area contributed by atoms with Crippen molar-refractivity contribution in [2.45, 2.75) is 0 Å². The number of pyridine rings is 1. The van der Waals surface area contributed by atoms with Crippen molar-refractivity contribution in [3.63, 3.8) is 0 Å². The predicted molar refractivity (Wildman–Crippen MR) is 88.6 cm³/mol. The Hall–Kier alpha value is -2.80. The predicted octanol–water partition coefficient (Wildman–Crippen LogP) is 1.96. The lowest BCUT2D eigenvalue weighted by molar-refractivity contribution is 0.122. The highest BCUT2D eigenvalue weighted by Crippen LogP contribution is 2.25. The van der Waals surface area contributed by atoms with E-state index in [2.05, 4.69) is 19.9 Å². The van der Waals surface area contributed by atoms with Crippen LogP contribution in [-0.4, -0.2) is 41.3 Å². The molecule has 24 heavy (non-hydrogen) atoms. The van der Waals surface area contributed by atoms with E-state index in [0.29, 0.717) is 35.2 Å². The minimum atomic E-state index is -0.493. The summed E-state index contributed by atoms with van der Waals surface area (Å²) in [7, 11) is 0. The van der Waals surface area contributed by atoms with Crippen LogP contribution in [0, 0.1) is 5.82 Å². The molecule has 2 aromatic heterocycles. The van der Waals surface area contributed by atoms with Gasteiger partial charge in [0.25, 0.3) is 5.56 Å². The maximum absolute atomic E-state index is 14.4. The zero-order valence-electron chi connectivity index (χ0n) is 12.8. The van der Waals surface area contributed by atoms with Gasteiger partial charge in [-0.05, 0) is 23.6 Å². The molecule has 3 aromatic rings. The molecule has 0 amide bonds. The Morgan fingerprint density at radius 2 is 2.00 bits per heavy atom. The highest BCUT2D eigenvalue weighted by molar-refractivity contribution is 5.86. The van der Waals surface area contributed by atoms with Gasteiger partial charge in [-0.1, -0.05) is 0 Å². The van der Waals surface area contributed by atoms with E-state index < -0.39 is 5.82 Å². The number of morpholine rings is 1. The molecule has 3 heterocycles. The van der Waals surface area contributed by atoms with Crippen LogP contribution in [0.25, 0.3) is 22.0 Å². The first-order chi connectivity index (χ1) is 11.7. The van der Waals surface area contributed by atoms with Gasteiger partial charge in [-0.2, -0.15) is 0 Å². The Balaban J connectivity index is 1.72. The average Bonchev–Trinajstić information content (AvgIpc) is 2.63. The lowest BCUT2D eigenvalue weighted by atomic mass is 10.1. The normalized spacial score (nSPS) is 15.0. The quantitative estimate of drug-likeness (QED) is 0.779. The first kappa shape index (κ1) is 14.8. The molecule has 0 aliphatic carbocycles. The van der Waals surface area contributed by atoms with Gasteiger partial charge >= 0.3 is 0 Å². The number of benzene rings is 1. The zero-order chi connectivity index (χ0) is 16.5. The molecule has 4 rings (SSSR count). The number of aromatic nitrogens is 3. The van der Waals surface area contributed by atoms with Crippen LogP contribution in [0.5, 0.6) is 0 Å². The molecule has 0 bridgehead atoms. The highest BCUT2D eigenvalue weighted by atomic mass is 19.1. The second kappa shape index (κ2) is 6.01. The summed E-state index contributed by atoms with van der Waals surface area (Å²) in [5.41, 5.74) is 0.451. The van der Waals surface area contributed by atoms with Gasteiger partial charge in [-0.25, -0.2) is 9.37 Å². The molecule has 122 valence electrons. The summed E-state index contributed by atoms with van der Waals surface area (Å²) in [6, 6.07) is 4.59. The molecule has 1 aliphatic rings. The summed E-state index contributed by atoms with van der Waals surface area (Å²) in [6.07, 6.45) is 4.74. The summed E-state index contributed by atoms with van der Waals surface area (Å²) in [6.45, 7) is 2.86. The number of halogens is 1. The minimum absolute atomic E-state index is 0.313. The smallest absolute Gasteiger partial charge is 0.255 e. The second-order valence-electron chi connectivity index (χ2n) is 5.59. The van der Waals surface area contributed by atoms with Crippen molar-refractivity contribution in [3.05, 3.63) is 53.0 Å². The monoisotopic (exact) mass is 326 g/mol. The van der Waals surface area contributed by atoms with Crippen LogP contribution in [0.4, 0.5) is 10.2 Å². The van der Waals surface area contributed by atoms with Gasteiger partial charge in [-0.15, -0.1) is 0 Å². The molecule has 0 radical (unpaired) electrons. The van der Waals surface area contributed by atoms with Crippen LogP contribution < -0.4 is 10.5 Å². The lowest BCUT2D eigenvalue weighted by Crippen LogP contribution is -2.36. The van der Waals surface area contributed by atoms with Gasteiger partial charge in [-0.3, -0.25) is 9.78 Å². The number of hydrogen-bond acceptors (Lipinski definition) is 5. The first-order valence-corrected chi connectivity index (χ1v) is 7.68. The van der Waals surface area contributed by atoms with Crippen molar-refractivity contribution in [1.82, 2.24) is 15.0 Å². The summed E-state index contributed by atoms with van der Waals surface area (Å²) in [5.74, 6) is 0.257. The van der Waals surface area contributed by atoms with Crippen LogP contribution in [0.15, 0.2) is 41.6 Å². The SMILES string of the molecule is O=c1[nH]ccc2cc(-c3cnc(N4CCOCC4)cn3)c(F)cc12. The largest absolute Gasteiger partial charge is 0.378 e. The number of aromatic amines is 1. The highest BCUT2D eigenvalue weighted by Gasteiger charge is 2.14. The molecule has 0 saturated carbocycles. The van der Waals surface area contributed by atoms with Crippen LogP contribution in [0.2, 0.25) is 0 Å². The van der Waals surface area contributed by atoms with Crippen LogP contribution in [0.3, 0.4) is 0 Å². The van der Waals surface area contributed by atoms with E-state index in [9.17, 15) is 9.18 Å². The number of nitrogens with zero attached hydrogens (tertiary/aromatic N) is 3. The number of nitrogens with one attached hydrogen (secondary N) is 1. The van der Waals surface area contributed by atoms with Gasteiger partial charge in [0.05, 0.1) is 31.3 Å². The Labute approximate surface area is 136 Å².